The number of nitrogens with one attached hydrogen (secondary N) is 1. The van der Waals surface area contributed by atoms with Gasteiger partial charge in [0, 0.05) is 54.1 Å². The van der Waals surface area contributed by atoms with Gasteiger partial charge in [-0.05, 0) is 55.9 Å². The molecule has 48 heavy (non-hydrogen) atoms. The average Bonchev–Trinajstić information content (AvgIpc) is 3.80. The molecule has 2 bridgehead atoms. The van der Waals surface area contributed by atoms with Gasteiger partial charge in [0.05, 0.1) is 26.8 Å². The molecule has 2 aromatic carbocycles. The fourth-order valence-corrected chi connectivity index (χ4v) is 10.1. The first-order valence-electron chi connectivity index (χ1n) is 16.3. The van der Waals surface area contributed by atoms with Gasteiger partial charge in [-0.2, -0.15) is 20.5 Å². The van der Waals surface area contributed by atoms with Crippen LogP contribution in [-0.4, -0.2) is 70.9 Å². The van der Waals surface area contributed by atoms with Crippen LogP contribution in [0.4, 0.5) is 24.0 Å². The fraction of sp³-hybridized carbons (Fsp3) is 0.429. The lowest BCUT2D eigenvalue weighted by molar-refractivity contribution is 0.107. The molecule has 0 saturated carbocycles. The number of nitrogens with two attached hydrogens (primary N) is 1. The molecule has 5 aliphatic rings. The number of nitriles is 2. The number of anilines is 2. The van der Waals surface area contributed by atoms with Crippen molar-refractivity contribution in [2.75, 3.05) is 36.9 Å². The van der Waals surface area contributed by atoms with E-state index < -0.39 is 23.3 Å². The molecule has 4 aromatic rings. The van der Waals surface area contributed by atoms with Crippen LogP contribution >= 0.6 is 11.3 Å². The molecule has 2 aromatic heterocycles. The summed E-state index contributed by atoms with van der Waals surface area (Å²) >= 11 is 0.905. The second-order valence-corrected chi connectivity index (χ2v) is 14.8. The van der Waals surface area contributed by atoms with Crippen molar-refractivity contribution in [3.63, 3.8) is 0 Å². The fourth-order valence-electron chi connectivity index (χ4n) is 9.18. The van der Waals surface area contributed by atoms with Crippen LogP contribution in [-0.2, 0) is 0 Å². The smallest absolute Gasteiger partial charge is 0.319 e. The summed E-state index contributed by atoms with van der Waals surface area (Å²) < 4.78 is 53.5. The van der Waals surface area contributed by atoms with Crippen molar-refractivity contribution in [1.82, 2.24) is 20.2 Å². The first-order valence-corrected chi connectivity index (χ1v) is 17.1. The first kappa shape index (κ1) is 29.7. The van der Waals surface area contributed by atoms with E-state index in [-0.39, 0.29) is 73.6 Å². The zero-order valence-corrected chi connectivity index (χ0v) is 26.8. The van der Waals surface area contributed by atoms with Crippen molar-refractivity contribution in [2.45, 2.75) is 68.4 Å². The number of piperazine rings is 1. The summed E-state index contributed by atoms with van der Waals surface area (Å²) in [6.45, 7) is 6.38. The molecule has 4 fully saturated rings. The molecular weight excluding hydrogens is 638 g/mol. The summed E-state index contributed by atoms with van der Waals surface area (Å²) in [5.41, 5.74) is 6.79. The number of halogens is 3. The van der Waals surface area contributed by atoms with Gasteiger partial charge in [-0.25, -0.2) is 13.2 Å². The van der Waals surface area contributed by atoms with E-state index in [1.807, 2.05) is 6.07 Å². The summed E-state index contributed by atoms with van der Waals surface area (Å²) in [4.78, 5) is 13.9. The van der Waals surface area contributed by atoms with Gasteiger partial charge in [0.15, 0.2) is 5.82 Å². The van der Waals surface area contributed by atoms with Gasteiger partial charge in [0.2, 0.25) is 0 Å². The number of aromatic nitrogens is 2. The van der Waals surface area contributed by atoms with E-state index in [4.69, 9.17) is 15.5 Å². The molecule has 13 heteroatoms. The minimum Gasteiger partial charge on any atom is -0.461 e. The minimum atomic E-state index is -0.942. The van der Waals surface area contributed by atoms with Crippen molar-refractivity contribution in [2.24, 2.45) is 0 Å². The molecule has 4 saturated heterocycles. The van der Waals surface area contributed by atoms with E-state index in [9.17, 15) is 14.9 Å². The zero-order valence-electron chi connectivity index (χ0n) is 26.0. The number of nitrogen functional groups attached to an aromatic ring is 1. The molecule has 3 N–H and O–H groups in total. The molecule has 0 amide bonds. The lowest BCUT2D eigenvalue weighted by atomic mass is 9.86. The van der Waals surface area contributed by atoms with Gasteiger partial charge in [0.1, 0.15) is 47.1 Å². The predicted octanol–water partition coefficient (Wildman–Crippen LogP) is 5.80. The van der Waals surface area contributed by atoms with Crippen molar-refractivity contribution in [3.8, 4) is 29.3 Å². The number of benzene rings is 2. The number of nitrogens with zero attached hydrogens (tertiary/aromatic N) is 6. The highest BCUT2D eigenvalue weighted by atomic mass is 32.1. The van der Waals surface area contributed by atoms with Crippen LogP contribution in [0.25, 0.3) is 37.7 Å². The molecule has 0 aliphatic carbocycles. The number of ether oxygens (including phenoxy) is 1. The largest absolute Gasteiger partial charge is 0.461 e. The standard InChI is InChI=1S/C35H31F3N8OS/c1-16-9-24-23-6-3-18(42-23)14-46(24)33-28-25(16)20(11-39)26(19-4-5-22(37)31-27(19)21(12-40)32(41)48-31)29(38)30(28)43-34(44-33)47-15-35-7-2-8-45(35)13-17(36)10-35/h4-5,17-18,23-24,42H,1-3,6-10,13-15,41H2/t17-,18-,23+,24-,35+/m1/s1. The molecular formula is C35H31F3N8OS. The minimum absolute atomic E-state index is 0.0171. The highest BCUT2D eigenvalue weighted by Crippen LogP contribution is 2.50. The molecule has 0 spiro atoms. The Hall–Kier alpha value is -4.43. The summed E-state index contributed by atoms with van der Waals surface area (Å²) in [6.07, 6.45) is 3.60. The van der Waals surface area contributed by atoms with E-state index in [0.29, 0.717) is 48.3 Å². The number of hydrogen-bond acceptors (Lipinski definition) is 10. The summed E-state index contributed by atoms with van der Waals surface area (Å²) in [6, 6.07) is 7.15. The van der Waals surface area contributed by atoms with Crippen molar-refractivity contribution in [3.05, 3.63) is 47.0 Å². The van der Waals surface area contributed by atoms with Gasteiger partial charge >= 0.3 is 6.01 Å². The summed E-state index contributed by atoms with van der Waals surface area (Å²) in [7, 11) is 0. The van der Waals surface area contributed by atoms with E-state index in [1.165, 1.54) is 12.1 Å². The Kier molecular flexibility index (Phi) is 6.52. The molecule has 5 atom stereocenters. The van der Waals surface area contributed by atoms with Crippen LogP contribution < -0.4 is 20.7 Å². The zero-order chi connectivity index (χ0) is 33.1. The average molecular weight is 669 g/mol. The number of fused-ring (bicyclic) bond motifs is 7. The molecule has 244 valence electrons. The third-order valence-electron chi connectivity index (χ3n) is 11.2. The summed E-state index contributed by atoms with van der Waals surface area (Å²) in [5, 5.41) is 25.1. The Morgan fingerprint density at radius 2 is 1.96 bits per heavy atom. The topological polar surface area (TPSA) is 127 Å². The second kappa shape index (κ2) is 10.5. The second-order valence-electron chi connectivity index (χ2n) is 13.8. The van der Waals surface area contributed by atoms with Gasteiger partial charge < -0.3 is 20.7 Å². The number of hydrogen-bond donors (Lipinski definition) is 2. The number of alkyl halides is 1. The first-order chi connectivity index (χ1) is 23.2. The van der Waals surface area contributed by atoms with Gasteiger partial charge in [-0.15, -0.1) is 11.3 Å². The number of rotatable bonds is 4. The molecule has 5 aliphatic heterocycles. The van der Waals surface area contributed by atoms with Gasteiger partial charge in [-0.3, -0.25) is 4.90 Å². The Labute approximate surface area is 278 Å². The van der Waals surface area contributed by atoms with Crippen LogP contribution in [0, 0.1) is 34.3 Å². The highest BCUT2D eigenvalue weighted by Gasteiger charge is 2.50. The van der Waals surface area contributed by atoms with Crippen LogP contribution in [0.2, 0.25) is 0 Å². The maximum Gasteiger partial charge on any atom is 0.319 e. The van der Waals surface area contributed by atoms with E-state index in [1.54, 1.807) is 0 Å². The molecule has 0 unspecified atom stereocenters. The maximum absolute atomic E-state index is 17.4. The van der Waals surface area contributed by atoms with E-state index in [0.717, 1.165) is 43.6 Å². The van der Waals surface area contributed by atoms with Crippen molar-refractivity contribution >= 4 is 48.7 Å². The Bertz CT molecular complexity index is 2170. The number of thiophene rings is 1. The Morgan fingerprint density at radius 3 is 2.77 bits per heavy atom. The molecule has 9 rings (SSSR count). The predicted molar refractivity (Wildman–Crippen MR) is 177 cm³/mol. The quantitative estimate of drug-likeness (QED) is 0.278. The Morgan fingerprint density at radius 1 is 1.12 bits per heavy atom. The normalized spacial score (nSPS) is 27.6. The Balaban J connectivity index is 1.31. The van der Waals surface area contributed by atoms with E-state index >= 15 is 8.78 Å². The van der Waals surface area contributed by atoms with Gasteiger partial charge in [0.25, 0.3) is 0 Å². The summed E-state index contributed by atoms with van der Waals surface area (Å²) in [5.74, 6) is -0.932. The molecule has 9 nitrogen and oxygen atoms in total. The molecule has 7 heterocycles. The highest BCUT2D eigenvalue weighted by molar-refractivity contribution is 7.23. The van der Waals surface area contributed by atoms with Crippen molar-refractivity contribution < 1.29 is 17.9 Å². The van der Waals surface area contributed by atoms with Crippen molar-refractivity contribution in [1.29, 1.82) is 10.5 Å². The lowest BCUT2D eigenvalue weighted by Gasteiger charge is -2.41. The maximum atomic E-state index is 17.4. The monoisotopic (exact) mass is 668 g/mol. The van der Waals surface area contributed by atoms with Gasteiger partial charge in [-0.1, -0.05) is 12.6 Å². The van der Waals surface area contributed by atoms with E-state index in [2.05, 4.69) is 32.7 Å². The van der Waals surface area contributed by atoms with Crippen LogP contribution in [0.5, 0.6) is 6.01 Å². The lowest BCUT2D eigenvalue weighted by Crippen LogP contribution is -2.58. The third kappa shape index (κ3) is 4.08. The SMILES string of the molecule is C=C1C[C@@H]2[C@@H]3CC[C@H](CN2c2nc(OC[C@@]45CCCN4C[C@H](F)C5)nc4c(F)c(-c5ccc(F)c6sc(N)c(C#N)c56)c(C#N)c1c24)N3. The van der Waals surface area contributed by atoms with Crippen LogP contribution in [0.3, 0.4) is 0 Å². The van der Waals surface area contributed by atoms with Crippen LogP contribution in [0.1, 0.15) is 55.2 Å². The molecule has 0 radical (unpaired) electrons. The van der Waals surface area contributed by atoms with Crippen LogP contribution in [0.15, 0.2) is 18.7 Å². The third-order valence-corrected chi connectivity index (χ3v) is 12.3.